The highest BCUT2D eigenvalue weighted by atomic mass is 79.9. The molecule has 0 fully saturated rings. The molecule has 1 rings (SSSR count). The van der Waals surface area contributed by atoms with Crippen molar-refractivity contribution in [2.24, 2.45) is 0 Å². The molecule has 0 spiro atoms. The van der Waals surface area contributed by atoms with Crippen LogP contribution < -0.4 is 9.47 Å². The Morgan fingerprint density at radius 3 is 2.31 bits per heavy atom. The van der Waals surface area contributed by atoms with Gasteiger partial charge in [-0.3, -0.25) is 0 Å². The molecule has 0 N–H and O–H groups in total. The molecule has 72 valence electrons. The van der Waals surface area contributed by atoms with E-state index in [9.17, 15) is 0 Å². The van der Waals surface area contributed by atoms with Gasteiger partial charge in [-0.2, -0.15) is 0 Å². The van der Waals surface area contributed by atoms with Crippen molar-refractivity contribution in [3.05, 3.63) is 23.8 Å². The summed E-state index contributed by atoms with van der Waals surface area (Å²) < 4.78 is 10.4. The molecule has 4 heteroatoms. The molecule has 0 aliphatic carbocycles. The van der Waals surface area contributed by atoms with Crippen LogP contribution in [0.25, 0.3) is 0 Å². The van der Waals surface area contributed by atoms with Crippen molar-refractivity contribution in [3.63, 3.8) is 0 Å². The van der Waals surface area contributed by atoms with Crippen LogP contribution in [0.1, 0.15) is 9.30 Å². The van der Waals surface area contributed by atoms with E-state index in [0.29, 0.717) is 0 Å². The standard InChI is InChI=1S/C9H10Br2O2/c1-12-6-3-4-8(13-2)7(5-6)9(10)11/h3-5,9H,1-2H3. The van der Waals surface area contributed by atoms with Crippen LogP contribution in [0.15, 0.2) is 18.2 Å². The average Bonchev–Trinajstić information content (AvgIpc) is 2.16. The summed E-state index contributed by atoms with van der Waals surface area (Å²) in [6, 6.07) is 5.67. The van der Waals surface area contributed by atoms with E-state index in [0.717, 1.165) is 17.1 Å². The Balaban J connectivity index is 3.10. The lowest BCUT2D eigenvalue weighted by molar-refractivity contribution is 0.400. The summed E-state index contributed by atoms with van der Waals surface area (Å²) in [6.07, 6.45) is 0. The minimum atomic E-state index is 0.0741. The van der Waals surface area contributed by atoms with Gasteiger partial charge in [-0.25, -0.2) is 0 Å². The molecule has 13 heavy (non-hydrogen) atoms. The van der Waals surface area contributed by atoms with Gasteiger partial charge in [0, 0.05) is 5.56 Å². The SMILES string of the molecule is COc1ccc(OC)c(C(Br)Br)c1. The lowest BCUT2D eigenvalue weighted by Gasteiger charge is -2.10. The fourth-order valence-electron chi connectivity index (χ4n) is 1.01. The molecule has 2 nitrogen and oxygen atoms in total. The number of ether oxygens (including phenoxy) is 2. The number of hydrogen-bond acceptors (Lipinski definition) is 2. The van der Waals surface area contributed by atoms with Crippen LogP contribution in [0.4, 0.5) is 0 Å². The van der Waals surface area contributed by atoms with E-state index in [2.05, 4.69) is 31.9 Å². The Kier molecular flexibility index (Phi) is 4.06. The van der Waals surface area contributed by atoms with Crippen molar-refractivity contribution in [2.75, 3.05) is 14.2 Å². The van der Waals surface area contributed by atoms with E-state index in [4.69, 9.17) is 9.47 Å². The average molecular weight is 310 g/mol. The van der Waals surface area contributed by atoms with Gasteiger partial charge in [-0.15, -0.1) is 0 Å². The third-order valence-corrected chi connectivity index (χ3v) is 2.66. The topological polar surface area (TPSA) is 18.5 Å². The molecule has 0 atom stereocenters. The van der Waals surface area contributed by atoms with Crippen LogP contribution in [-0.4, -0.2) is 14.2 Å². The lowest BCUT2D eigenvalue weighted by atomic mass is 10.2. The molecule has 0 bridgehead atoms. The van der Waals surface area contributed by atoms with Crippen molar-refractivity contribution < 1.29 is 9.47 Å². The molecule has 0 amide bonds. The van der Waals surface area contributed by atoms with E-state index >= 15 is 0 Å². The van der Waals surface area contributed by atoms with Gasteiger partial charge in [0.15, 0.2) is 0 Å². The molecular formula is C9H10Br2O2. The molecule has 0 aliphatic rings. The Morgan fingerprint density at radius 1 is 1.15 bits per heavy atom. The fraction of sp³-hybridized carbons (Fsp3) is 0.333. The zero-order chi connectivity index (χ0) is 9.84. The Labute approximate surface area is 94.5 Å². The number of alkyl halides is 2. The minimum Gasteiger partial charge on any atom is -0.497 e. The minimum absolute atomic E-state index is 0.0741. The smallest absolute Gasteiger partial charge is 0.124 e. The molecule has 1 aromatic carbocycles. The van der Waals surface area contributed by atoms with Gasteiger partial charge in [0.25, 0.3) is 0 Å². The van der Waals surface area contributed by atoms with Gasteiger partial charge in [-0.1, -0.05) is 31.9 Å². The quantitative estimate of drug-likeness (QED) is 0.796. The van der Waals surface area contributed by atoms with Gasteiger partial charge < -0.3 is 9.47 Å². The van der Waals surface area contributed by atoms with Crippen molar-refractivity contribution in [2.45, 2.75) is 3.74 Å². The van der Waals surface area contributed by atoms with E-state index < -0.39 is 0 Å². The van der Waals surface area contributed by atoms with Crippen LogP contribution in [0.3, 0.4) is 0 Å². The van der Waals surface area contributed by atoms with Crippen LogP contribution in [0.5, 0.6) is 11.5 Å². The maximum atomic E-state index is 5.19. The molecule has 0 aliphatic heterocycles. The second kappa shape index (κ2) is 4.86. The summed E-state index contributed by atoms with van der Waals surface area (Å²) in [6.45, 7) is 0. The van der Waals surface area contributed by atoms with Gasteiger partial charge in [0.2, 0.25) is 0 Å². The first kappa shape index (κ1) is 10.9. The molecule has 0 radical (unpaired) electrons. The Bertz CT molecular complexity index is 287. The van der Waals surface area contributed by atoms with Crippen molar-refractivity contribution in [3.8, 4) is 11.5 Å². The normalized spacial score (nSPS) is 10.2. The highest BCUT2D eigenvalue weighted by Gasteiger charge is 2.10. The lowest BCUT2D eigenvalue weighted by Crippen LogP contribution is -1.92. The number of benzene rings is 1. The molecule has 0 saturated carbocycles. The predicted molar refractivity (Wildman–Crippen MR) is 60.1 cm³/mol. The van der Waals surface area contributed by atoms with Crippen LogP contribution in [0.2, 0.25) is 0 Å². The number of halogens is 2. The predicted octanol–water partition coefficient (Wildman–Crippen LogP) is 3.49. The fourth-order valence-corrected chi connectivity index (χ4v) is 1.73. The highest BCUT2D eigenvalue weighted by molar-refractivity contribution is 9.24. The summed E-state index contributed by atoms with van der Waals surface area (Å²) in [7, 11) is 3.29. The summed E-state index contributed by atoms with van der Waals surface area (Å²) in [5.41, 5.74) is 1.02. The van der Waals surface area contributed by atoms with Crippen LogP contribution in [0, 0.1) is 0 Å². The first-order chi connectivity index (χ1) is 6.19. The maximum absolute atomic E-state index is 5.19. The number of hydrogen-bond donors (Lipinski definition) is 0. The van der Waals surface area contributed by atoms with E-state index in [-0.39, 0.29) is 3.74 Å². The summed E-state index contributed by atoms with van der Waals surface area (Å²) in [4.78, 5) is 0. The summed E-state index contributed by atoms with van der Waals surface area (Å²) in [5.74, 6) is 1.65. The van der Waals surface area contributed by atoms with E-state index in [1.807, 2.05) is 18.2 Å². The van der Waals surface area contributed by atoms with Crippen LogP contribution >= 0.6 is 31.9 Å². The number of rotatable bonds is 3. The zero-order valence-corrected chi connectivity index (χ0v) is 10.6. The van der Waals surface area contributed by atoms with E-state index in [1.165, 1.54) is 0 Å². The summed E-state index contributed by atoms with van der Waals surface area (Å²) in [5, 5.41) is 0. The van der Waals surface area contributed by atoms with Gasteiger partial charge in [0.05, 0.1) is 18.0 Å². The van der Waals surface area contributed by atoms with Gasteiger partial charge in [-0.05, 0) is 18.2 Å². The van der Waals surface area contributed by atoms with Crippen molar-refractivity contribution >= 4 is 31.9 Å². The third-order valence-electron chi connectivity index (χ3n) is 1.67. The Hall–Kier alpha value is -0.220. The van der Waals surface area contributed by atoms with Crippen LogP contribution in [-0.2, 0) is 0 Å². The number of methoxy groups -OCH3 is 2. The molecule has 0 saturated heterocycles. The van der Waals surface area contributed by atoms with Gasteiger partial charge >= 0.3 is 0 Å². The van der Waals surface area contributed by atoms with Crippen molar-refractivity contribution in [1.82, 2.24) is 0 Å². The Morgan fingerprint density at radius 2 is 1.85 bits per heavy atom. The van der Waals surface area contributed by atoms with E-state index in [1.54, 1.807) is 14.2 Å². The second-order valence-electron chi connectivity index (χ2n) is 2.41. The second-order valence-corrected chi connectivity index (χ2v) is 5.47. The third kappa shape index (κ3) is 2.61. The highest BCUT2D eigenvalue weighted by Crippen LogP contribution is 2.37. The molecular weight excluding hydrogens is 300 g/mol. The first-order valence-corrected chi connectivity index (χ1v) is 5.52. The molecule has 0 aromatic heterocycles. The maximum Gasteiger partial charge on any atom is 0.124 e. The molecule has 0 heterocycles. The summed E-state index contributed by atoms with van der Waals surface area (Å²) >= 11 is 6.84. The first-order valence-electron chi connectivity index (χ1n) is 3.69. The van der Waals surface area contributed by atoms with Gasteiger partial charge in [0.1, 0.15) is 11.5 Å². The molecule has 1 aromatic rings. The molecule has 0 unspecified atom stereocenters. The van der Waals surface area contributed by atoms with Crippen molar-refractivity contribution in [1.29, 1.82) is 0 Å². The zero-order valence-electron chi connectivity index (χ0n) is 7.38. The monoisotopic (exact) mass is 308 g/mol. The largest absolute Gasteiger partial charge is 0.497 e.